The minimum absolute atomic E-state index is 0.0238. The summed E-state index contributed by atoms with van der Waals surface area (Å²) in [5, 5.41) is 4.20. The summed E-state index contributed by atoms with van der Waals surface area (Å²) in [6.45, 7) is 3.51. The molecule has 1 aliphatic carbocycles. The van der Waals surface area contributed by atoms with E-state index in [-0.39, 0.29) is 18.0 Å². The molecular formula is C22H26N6O2. The number of aryl methyl sites for hydroxylation is 1. The first-order valence-corrected chi connectivity index (χ1v) is 10.4. The number of carbonyl (C=O) groups is 1. The number of fused-ring (bicyclic) bond motifs is 2. The molecule has 3 aromatic heterocycles. The van der Waals surface area contributed by atoms with Crippen LogP contribution >= 0.6 is 0 Å². The van der Waals surface area contributed by atoms with Gasteiger partial charge in [-0.15, -0.1) is 0 Å². The summed E-state index contributed by atoms with van der Waals surface area (Å²) < 4.78 is 5.44. The Morgan fingerprint density at radius 2 is 2.27 bits per heavy atom. The average Bonchev–Trinajstić information content (AvgIpc) is 3.46. The molecule has 1 amide bonds. The van der Waals surface area contributed by atoms with Gasteiger partial charge in [-0.1, -0.05) is 0 Å². The molecule has 0 spiro atoms. The molecule has 1 aliphatic heterocycles. The number of carbonyl (C=O) groups excluding carboxylic acids is 1. The van der Waals surface area contributed by atoms with Crippen molar-refractivity contribution in [1.82, 2.24) is 25.3 Å². The first-order chi connectivity index (χ1) is 14.5. The third kappa shape index (κ3) is 3.52. The lowest BCUT2D eigenvalue weighted by Crippen LogP contribution is -2.49. The van der Waals surface area contributed by atoms with Crippen LogP contribution in [0.1, 0.15) is 31.0 Å². The highest BCUT2D eigenvalue weighted by molar-refractivity contribution is 5.83. The van der Waals surface area contributed by atoms with Crippen LogP contribution in [0.15, 0.2) is 24.5 Å². The molecule has 3 aromatic rings. The molecule has 2 N–H and O–H groups in total. The summed E-state index contributed by atoms with van der Waals surface area (Å²) in [5.74, 6) is 1.41. The summed E-state index contributed by atoms with van der Waals surface area (Å²) in [5.41, 5.74) is 3.65. The van der Waals surface area contributed by atoms with E-state index in [1.165, 1.54) is 0 Å². The fraction of sp³-hybridized carbons (Fsp3) is 0.455. The number of aromatic nitrogens is 4. The van der Waals surface area contributed by atoms with E-state index in [1.807, 2.05) is 43.4 Å². The lowest BCUT2D eigenvalue weighted by atomic mass is 10.0. The van der Waals surface area contributed by atoms with E-state index >= 15 is 0 Å². The van der Waals surface area contributed by atoms with Crippen LogP contribution in [0.3, 0.4) is 0 Å². The van der Waals surface area contributed by atoms with E-state index < -0.39 is 0 Å². The van der Waals surface area contributed by atoms with E-state index in [2.05, 4.69) is 15.3 Å². The van der Waals surface area contributed by atoms with E-state index in [9.17, 15) is 4.79 Å². The number of pyridine rings is 1. The predicted molar refractivity (Wildman–Crippen MR) is 114 cm³/mol. The molecule has 0 saturated carbocycles. The van der Waals surface area contributed by atoms with Gasteiger partial charge in [0, 0.05) is 36.5 Å². The summed E-state index contributed by atoms with van der Waals surface area (Å²) >= 11 is 0. The predicted octanol–water partition coefficient (Wildman–Crippen LogP) is 2.24. The number of amides is 1. The van der Waals surface area contributed by atoms with Crippen LogP contribution in [0.4, 0.5) is 5.82 Å². The summed E-state index contributed by atoms with van der Waals surface area (Å²) in [4.78, 5) is 32.0. The Balaban J connectivity index is 1.43. The van der Waals surface area contributed by atoms with Crippen LogP contribution in [0.25, 0.3) is 22.4 Å². The van der Waals surface area contributed by atoms with Gasteiger partial charge in [0.15, 0.2) is 5.82 Å². The van der Waals surface area contributed by atoms with E-state index in [1.54, 1.807) is 0 Å². The van der Waals surface area contributed by atoms with Crippen LogP contribution in [-0.4, -0.2) is 58.2 Å². The second-order valence-corrected chi connectivity index (χ2v) is 8.55. The minimum Gasteiger partial charge on any atom is -0.379 e. The molecule has 2 aliphatic rings. The van der Waals surface area contributed by atoms with Gasteiger partial charge in [-0.25, -0.2) is 9.97 Å². The van der Waals surface area contributed by atoms with Crippen molar-refractivity contribution in [3.8, 4) is 11.5 Å². The number of hydrogen-bond acceptors (Lipinski definition) is 6. The smallest absolute Gasteiger partial charge is 0.240 e. The van der Waals surface area contributed by atoms with E-state index in [0.29, 0.717) is 19.0 Å². The van der Waals surface area contributed by atoms with Gasteiger partial charge in [0.25, 0.3) is 0 Å². The summed E-state index contributed by atoms with van der Waals surface area (Å²) in [6.07, 6.45) is 7.46. The highest BCUT2D eigenvalue weighted by Crippen LogP contribution is 2.31. The molecule has 156 valence electrons. The third-order valence-corrected chi connectivity index (χ3v) is 5.98. The molecule has 30 heavy (non-hydrogen) atoms. The van der Waals surface area contributed by atoms with Crippen molar-refractivity contribution in [3.05, 3.63) is 35.8 Å². The number of hydrogen-bond donors (Lipinski definition) is 2. The second kappa shape index (κ2) is 7.36. The summed E-state index contributed by atoms with van der Waals surface area (Å²) in [7, 11) is 1.92. The van der Waals surface area contributed by atoms with Gasteiger partial charge in [-0.05, 0) is 44.7 Å². The third-order valence-electron chi connectivity index (χ3n) is 5.98. The Morgan fingerprint density at radius 1 is 1.37 bits per heavy atom. The second-order valence-electron chi connectivity index (χ2n) is 8.55. The highest BCUT2D eigenvalue weighted by Gasteiger charge is 2.32. The van der Waals surface area contributed by atoms with Gasteiger partial charge >= 0.3 is 0 Å². The Kier molecular flexibility index (Phi) is 4.66. The van der Waals surface area contributed by atoms with Crippen LogP contribution in [0, 0.1) is 0 Å². The van der Waals surface area contributed by atoms with Crippen LogP contribution in [0.5, 0.6) is 0 Å². The maximum absolute atomic E-state index is 12.7. The zero-order valence-electron chi connectivity index (χ0n) is 17.4. The first-order valence-electron chi connectivity index (χ1n) is 10.4. The highest BCUT2D eigenvalue weighted by atomic mass is 16.5. The number of aromatic amines is 1. The first kappa shape index (κ1) is 19.0. The van der Waals surface area contributed by atoms with Gasteiger partial charge in [0.1, 0.15) is 11.5 Å². The van der Waals surface area contributed by atoms with Crippen molar-refractivity contribution in [2.45, 2.75) is 38.1 Å². The summed E-state index contributed by atoms with van der Waals surface area (Å²) in [6, 6.07) is 4.01. The SMILES string of the molecule is CN(CC(=O)NC1(C)CCOC1)c1nc(-c2cc3cc[nH]c3cn2)nc2c1CCC2. The van der Waals surface area contributed by atoms with Crippen molar-refractivity contribution in [2.75, 3.05) is 31.7 Å². The number of anilines is 1. The van der Waals surface area contributed by atoms with Gasteiger partial charge in [0.05, 0.1) is 30.4 Å². The molecule has 0 aromatic carbocycles. The number of nitrogens with one attached hydrogen (secondary N) is 2. The molecule has 1 unspecified atom stereocenters. The minimum atomic E-state index is -0.285. The monoisotopic (exact) mass is 406 g/mol. The molecule has 0 bridgehead atoms. The molecule has 8 nitrogen and oxygen atoms in total. The molecule has 0 radical (unpaired) electrons. The fourth-order valence-corrected chi connectivity index (χ4v) is 4.35. The number of nitrogens with zero attached hydrogens (tertiary/aromatic N) is 4. The van der Waals surface area contributed by atoms with Crippen LogP contribution in [-0.2, 0) is 22.4 Å². The number of likely N-dealkylation sites (N-methyl/N-ethyl adjacent to an activating group) is 1. The lowest BCUT2D eigenvalue weighted by Gasteiger charge is -2.26. The maximum Gasteiger partial charge on any atom is 0.240 e. The normalized spacial score (nSPS) is 20.5. The largest absolute Gasteiger partial charge is 0.379 e. The number of H-pyrrole nitrogens is 1. The number of rotatable bonds is 5. The van der Waals surface area contributed by atoms with Crippen LogP contribution < -0.4 is 10.2 Å². The van der Waals surface area contributed by atoms with Gasteiger partial charge in [-0.2, -0.15) is 0 Å². The maximum atomic E-state index is 12.7. The van der Waals surface area contributed by atoms with Gasteiger partial charge in [-0.3, -0.25) is 9.78 Å². The quantitative estimate of drug-likeness (QED) is 0.675. The van der Waals surface area contributed by atoms with Crippen LogP contribution in [0.2, 0.25) is 0 Å². The molecule has 4 heterocycles. The molecule has 1 saturated heterocycles. The fourth-order valence-electron chi connectivity index (χ4n) is 4.35. The van der Waals surface area contributed by atoms with Crippen molar-refractivity contribution >= 4 is 22.6 Å². The van der Waals surface area contributed by atoms with Gasteiger partial charge in [0.2, 0.25) is 5.91 Å². The Hall–Kier alpha value is -3.00. The number of ether oxygens (including phenoxy) is 1. The van der Waals surface area contributed by atoms with Crippen molar-refractivity contribution < 1.29 is 9.53 Å². The Labute approximate surface area is 175 Å². The van der Waals surface area contributed by atoms with E-state index in [0.717, 1.165) is 59.4 Å². The molecule has 8 heteroatoms. The van der Waals surface area contributed by atoms with Crippen molar-refractivity contribution in [2.24, 2.45) is 0 Å². The Bertz CT molecular complexity index is 1100. The van der Waals surface area contributed by atoms with E-state index in [4.69, 9.17) is 14.7 Å². The molecule has 1 atom stereocenters. The van der Waals surface area contributed by atoms with Crippen molar-refractivity contribution in [3.63, 3.8) is 0 Å². The standard InChI is InChI=1S/C22H26N6O2/c1-22(7-9-30-13-22)27-19(29)12-28(2)21-15-4-3-5-16(15)25-20(26-21)17-10-14-6-8-23-18(14)11-24-17/h6,8,10-11,23H,3-5,7,9,12-13H2,1-2H3,(H,27,29). The zero-order chi connectivity index (χ0) is 20.7. The molecule has 5 rings (SSSR count). The molecular weight excluding hydrogens is 380 g/mol. The van der Waals surface area contributed by atoms with Gasteiger partial charge < -0.3 is 19.9 Å². The zero-order valence-corrected chi connectivity index (χ0v) is 17.4. The van der Waals surface area contributed by atoms with Crippen molar-refractivity contribution in [1.29, 1.82) is 0 Å². The average molecular weight is 406 g/mol. The Morgan fingerprint density at radius 3 is 3.10 bits per heavy atom. The molecule has 1 fully saturated rings. The lowest BCUT2D eigenvalue weighted by molar-refractivity contribution is -0.121. The topological polar surface area (TPSA) is 96.0 Å².